The first kappa shape index (κ1) is 14.1. The first-order valence-electron chi connectivity index (χ1n) is 7.11. The van der Waals surface area contributed by atoms with E-state index < -0.39 is 0 Å². The summed E-state index contributed by atoms with van der Waals surface area (Å²) in [6, 6.07) is 8.28. The second kappa shape index (κ2) is 6.20. The molecule has 1 saturated carbocycles. The van der Waals surface area contributed by atoms with Gasteiger partial charge in [0.2, 0.25) is 5.91 Å². The molecule has 0 spiro atoms. The number of hydrogen-bond acceptors (Lipinski definition) is 2. The molecule has 0 bridgehead atoms. The number of hydrogen-bond donors (Lipinski definition) is 2. The zero-order valence-electron chi connectivity index (χ0n) is 11.6. The van der Waals surface area contributed by atoms with Gasteiger partial charge in [-0.05, 0) is 31.7 Å². The predicted molar refractivity (Wildman–Crippen MR) is 75.9 cm³/mol. The highest BCUT2D eigenvalue weighted by Crippen LogP contribution is 2.29. The second-order valence-corrected chi connectivity index (χ2v) is 5.68. The number of aliphatic hydroxyl groups is 1. The Hall–Kier alpha value is -1.35. The number of carbonyl (C=O) groups excluding carboxylic acids is 1. The first-order chi connectivity index (χ1) is 9.13. The van der Waals surface area contributed by atoms with Crippen LogP contribution in [-0.2, 0) is 11.2 Å². The monoisotopic (exact) mass is 261 g/mol. The Morgan fingerprint density at radius 3 is 2.47 bits per heavy atom. The van der Waals surface area contributed by atoms with Gasteiger partial charge in [-0.25, -0.2) is 0 Å². The summed E-state index contributed by atoms with van der Waals surface area (Å²) in [6.07, 6.45) is 5.25. The average Bonchev–Trinajstić information content (AvgIpc) is 2.87. The number of rotatable bonds is 5. The standard InChI is InChI=1S/C16H23NO2/c1-13-4-6-14(7-5-13)8-9-15(19)17-16(12-18)10-2-3-11-16/h4-7,18H,2-3,8-12H2,1H3,(H,17,19). The Balaban J connectivity index is 1.82. The Kier molecular flexibility index (Phi) is 4.59. The van der Waals surface area contributed by atoms with Crippen LogP contribution < -0.4 is 5.32 Å². The molecule has 1 fully saturated rings. The van der Waals surface area contributed by atoms with Crippen LogP contribution in [0.25, 0.3) is 0 Å². The van der Waals surface area contributed by atoms with Crippen molar-refractivity contribution in [3.63, 3.8) is 0 Å². The van der Waals surface area contributed by atoms with Crippen molar-refractivity contribution in [1.29, 1.82) is 0 Å². The molecule has 0 aromatic heterocycles. The second-order valence-electron chi connectivity index (χ2n) is 5.68. The molecule has 19 heavy (non-hydrogen) atoms. The number of nitrogens with one attached hydrogen (secondary N) is 1. The summed E-state index contributed by atoms with van der Waals surface area (Å²) >= 11 is 0. The first-order valence-corrected chi connectivity index (χ1v) is 7.11. The van der Waals surface area contributed by atoms with E-state index in [1.54, 1.807) is 0 Å². The summed E-state index contributed by atoms with van der Waals surface area (Å²) in [7, 11) is 0. The van der Waals surface area contributed by atoms with Crippen molar-refractivity contribution in [3.05, 3.63) is 35.4 Å². The van der Waals surface area contributed by atoms with E-state index in [2.05, 4.69) is 36.5 Å². The number of amides is 1. The fraction of sp³-hybridized carbons (Fsp3) is 0.562. The van der Waals surface area contributed by atoms with Gasteiger partial charge >= 0.3 is 0 Å². The maximum absolute atomic E-state index is 12.0. The van der Waals surface area contributed by atoms with E-state index in [1.807, 2.05) is 0 Å². The molecule has 0 atom stereocenters. The van der Waals surface area contributed by atoms with E-state index in [-0.39, 0.29) is 18.1 Å². The highest BCUT2D eigenvalue weighted by Gasteiger charge is 2.34. The molecule has 1 aromatic rings. The zero-order valence-corrected chi connectivity index (χ0v) is 11.6. The van der Waals surface area contributed by atoms with Crippen LogP contribution in [0.1, 0.15) is 43.2 Å². The van der Waals surface area contributed by atoms with Gasteiger partial charge in [0.05, 0.1) is 12.1 Å². The Morgan fingerprint density at radius 2 is 1.89 bits per heavy atom. The van der Waals surface area contributed by atoms with E-state index in [1.165, 1.54) is 11.1 Å². The molecule has 1 aliphatic rings. The number of carbonyl (C=O) groups is 1. The van der Waals surface area contributed by atoms with Gasteiger partial charge in [0.1, 0.15) is 0 Å². The lowest BCUT2D eigenvalue weighted by Gasteiger charge is -2.28. The number of aryl methyl sites for hydroxylation is 2. The van der Waals surface area contributed by atoms with Crippen LogP contribution in [0.4, 0.5) is 0 Å². The predicted octanol–water partition coefficient (Wildman–Crippen LogP) is 2.35. The minimum Gasteiger partial charge on any atom is -0.394 e. The molecule has 0 heterocycles. The van der Waals surface area contributed by atoms with Gasteiger partial charge in [0.15, 0.2) is 0 Å². The van der Waals surface area contributed by atoms with E-state index in [0.29, 0.717) is 6.42 Å². The molecule has 0 radical (unpaired) electrons. The molecule has 104 valence electrons. The highest BCUT2D eigenvalue weighted by atomic mass is 16.3. The van der Waals surface area contributed by atoms with Crippen molar-refractivity contribution in [2.24, 2.45) is 0 Å². The number of benzene rings is 1. The fourth-order valence-electron chi connectivity index (χ4n) is 2.75. The van der Waals surface area contributed by atoms with Crippen LogP contribution >= 0.6 is 0 Å². The summed E-state index contributed by atoms with van der Waals surface area (Å²) in [4.78, 5) is 12.0. The van der Waals surface area contributed by atoms with Crippen LogP contribution in [0, 0.1) is 6.92 Å². The molecular formula is C16H23NO2. The number of aliphatic hydroxyl groups excluding tert-OH is 1. The minimum absolute atomic E-state index is 0.0523. The summed E-state index contributed by atoms with van der Waals surface area (Å²) in [6.45, 7) is 2.12. The van der Waals surface area contributed by atoms with Gasteiger partial charge in [-0.1, -0.05) is 42.7 Å². The van der Waals surface area contributed by atoms with E-state index in [0.717, 1.165) is 32.1 Å². The molecule has 1 amide bonds. The summed E-state index contributed by atoms with van der Waals surface area (Å²) < 4.78 is 0. The molecule has 3 nitrogen and oxygen atoms in total. The van der Waals surface area contributed by atoms with Crippen LogP contribution in [0.3, 0.4) is 0 Å². The lowest BCUT2D eigenvalue weighted by atomic mass is 9.98. The zero-order chi connectivity index (χ0) is 13.7. The van der Waals surface area contributed by atoms with Crippen LogP contribution in [0.5, 0.6) is 0 Å². The van der Waals surface area contributed by atoms with Crippen molar-refractivity contribution in [3.8, 4) is 0 Å². The highest BCUT2D eigenvalue weighted by molar-refractivity contribution is 5.77. The topological polar surface area (TPSA) is 49.3 Å². The minimum atomic E-state index is -0.343. The fourth-order valence-corrected chi connectivity index (χ4v) is 2.75. The van der Waals surface area contributed by atoms with E-state index >= 15 is 0 Å². The van der Waals surface area contributed by atoms with Gasteiger partial charge in [-0.15, -0.1) is 0 Å². The quantitative estimate of drug-likeness (QED) is 0.854. The van der Waals surface area contributed by atoms with Gasteiger partial charge in [0, 0.05) is 6.42 Å². The lowest BCUT2D eigenvalue weighted by molar-refractivity contribution is -0.123. The Labute approximate surface area is 115 Å². The molecule has 2 N–H and O–H groups in total. The summed E-state index contributed by atoms with van der Waals surface area (Å²) in [5, 5.41) is 12.5. The van der Waals surface area contributed by atoms with Gasteiger partial charge in [-0.3, -0.25) is 4.79 Å². The molecule has 1 aliphatic carbocycles. The van der Waals surface area contributed by atoms with Gasteiger partial charge in [-0.2, -0.15) is 0 Å². The van der Waals surface area contributed by atoms with Crippen molar-refractivity contribution < 1.29 is 9.90 Å². The van der Waals surface area contributed by atoms with Crippen LogP contribution in [-0.4, -0.2) is 23.2 Å². The van der Waals surface area contributed by atoms with Crippen molar-refractivity contribution in [2.75, 3.05) is 6.61 Å². The third-order valence-corrected chi connectivity index (χ3v) is 4.03. The Bertz CT molecular complexity index is 419. The summed E-state index contributed by atoms with van der Waals surface area (Å²) in [5.41, 5.74) is 2.08. The van der Waals surface area contributed by atoms with Crippen molar-refractivity contribution in [2.45, 2.75) is 51.0 Å². The van der Waals surface area contributed by atoms with Gasteiger partial charge in [0.25, 0.3) is 0 Å². The normalized spacial score (nSPS) is 17.4. The third-order valence-electron chi connectivity index (χ3n) is 4.03. The molecule has 1 aromatic carbocycles. The molecule has 0 aliphatic heterocycles. The SMILES string of the molecule is Cc1ccc(CCC(=O)NC2(CO)CCCC2)cc1. The molecule has 2 rings (SSSR count). The Morgan fingerprint density at radius 1 is 1.26 bits per heavy atom. The summed E-state index contributed by atoms with van der Waals surface area (Å²) in [5.74, 6) is 0.0523. The molecule has 0 saturated heterocycles. The van der Waals surface area contributed by atoms with Crippen molar-refractivity contribution >= 4 is 5.91 Å². The largest absolute Gasteiger partial charge is 0.394 e. The van der Waals surface area contributed by atoms with Crippen LogP contribution in [0.15, 0.2) is 24.3 Å². The van der Waals surface area contributed by atoms with E-state index in [9.17, 15) is 9.90 Å². The lowest BCUT2D eigenvalue weighted by Crippen LogP contribution is -2.49. The van der Waals surface area contributed by atoms with Crippen molar-refractivity contribution in [1.82, 2.24) is 5.32 Å². The van der Waals surface area contributed by atoms with Gasteiger partial charge < -0.3 is 10.4 Å². The maximum atomic E-state index is 12.0. The third kappa shape index (κ3) is 3.80. The molecule has 0 unspecified atom stereocenters. The molecular weight excluding hydrogens is 238 g/mol. The van der Waals surface area contributed by atoms with Crippen LogP contribution in [0.2, 0.25) is 0 Å². The maximum Gasteiger partial charge on any atom is 0.220 e. The smallest absolute Gasteiger partial charge is 0.220 e. The van der Waals surface area contributed by atoms with E-state index in [4.69, 9.17) is 0 Å². The molecule has 3 heteroatoms. The average molecular weight is 261 g/mol.